The molecule has 3 rings (SSSR count). The SMILES string of the molecule is Cc1cc(OCc2n[nH]c(=O)n2C)c(-c2cnccn2)cc1Cl. The van der Waals surface area contributed by atoms with E-state index >= 15 is 0 Å². The number of aryl methyl sites for hydroxylation is 1. The van der Waals surface area contributed by atoms with Crippen molar-refractivity contribution in [1.29, 1.82) is 0 Å². The van der Waals surface area contributed by atoms with Crippen LogP contribution in [-0.4, -0.2) is 24.7 Å². The van der Waals surface area contributed by atoms with Crippen molar-refractivity contribution in [2.45, 2.75) is 13.5 Å². The number of ether oxygens (including phenoxy) is 1. The van der Waals surface area contributed by atoms with Gasteiger partial charge in [-0.15, -0.1) is 0 Å². The quantitative estimate of drug-likeness (QED) is 0.791. The highest BCUT2D eigenvalue weighted by Crippen LogP contribution is 2.33. The Morgan fingerprint density at radius 1 is 1.35 bits per heavy atom. The van der Waals surface area contributed by atoms with Crippen LogP contribution in [-0.2, 0) is 13.7 Å². The maximum atomic E-state index is 11.4. The predicted octanol–water partition coefficient (Wildman–Crippen LogP) is 2.11. The molecule has 2 heterocycles. The first-order valence-electron chi connectivity index (χ1n) is 6.86. The fourth-order valence-corrected chi connectivity index (χ4v) is 2.23. The number of nitrogens with zero attached hydrogens (tertiary/aromatic N) is 4. The fourth-order valence-electron chi connectivity index (χ4n) is 2.06. The minimum Gasteiger partial charge on any atom is -0.485 e. The van der Waals surface area contributed by atoms with E-state index in [0.717, 1.165) is 11.1 Å². The third-order valence-electron chi connectivity index (χ3n) is 3.43. The lowest BCUT2D eigenvalue weighted by Crippen LogP contribution is -2.15. The number of hydrogen-bond donors (Lipinski definition) is 1. The van der Waals surface area contributed by atoms with Gasteiger partial charge in [0.1, 0.15) is 12.4 Å². The van der Waals surface area contributed by atoms with Crippen molar-refractivity contribution in [3.63, 3.8) is 0 Å². The van der Waals surface area contributed by atoms with Gasteiger partial charge in [-0.25, -0.2) is 9.89 Å². The topological polar surface area (TPSA) is 85.7 Å². The average Bonchev–Trinajstić information content (AvgIpc) is 2.88. The Kier molecular flexibility index (Phi) is 4.12. The highest BCUT2D eigenvalue weighted by atomic mass is 35.5. The molecule has 23 heavy (non-hydrogen) atoms. The third-order valence-corrected chi connectivity index (χ3v) is 3.84. The van der Waals surface area contributed by atoms with Crippen LogP contribution in [0.15, 0.2) is 35.5 Å². The van der Waals surface area contributed by atoms with Crippen molar-refractivity contribution in [1.82, 2.24) is 24.7 Å². The summed E-state index contributed by atoms with van der Waals surface area (Å²) in [7, 11) is 1.63. The van der Waals surface area contributed by atoms with Crippen LogP contribution < -0.4 is 10.4 Å². The molecule has 0 bridgehead atoms. The van der Waals surface area contributed by atoms with Gasteiger partial charge in [-0.05, 0) is 24.6 Å². The first-order chi connectivity index (χ1) is 11.1. The van der Waals surface area contributed by atoms with Gasteiger partial charge in [0.15, 0.2) is 5.82 Å². The number of halogens is 1. The molecule has 0 aliphatic heterocycles. The summed E-state index contributed by atoms with van der Waals surface area (Å²) in [5.74, 6) is 1.09. The van der Waals surface area contributed by atoms with Gasteiger partial charge < -0.3 is 4.74 Å². The van der Waals surface area contributed by atoms with Crippen molar-refractivity contribution in [3.8, 4) is 17.0 Å². The van der Waals surface area contributed by atoms with E-state index in [4.69, 9.17) is 16.3 Å². The minimum atomic E-state index is -0.287. The Morgan fingerprint density at radius 2 is 2.17 bits per heavy atom. The van der Waals surface area contributed by atoms with Crippen molar-refractivity contribution >= 4 is 11.6 Å². The van der Waals surface area contributed by atoms with Crippen LogP contribution in [0, 0.1) is 6.92 Å². The lowest BCUT2D eigenvalue weighted by molar-refractivity contribution is 0.292. The summed E-state index contributed by atoms with van der Waals surface area (Å²) in [5, 5.41) is 6.91. The monoisotopic (exact) mass is 331 g/mol. The van der Waals surface area contributed by atoms with Gasteiger partial charge in [0, 0.05) is 30.0 Å². The zero-order chi connectivity index (χ0) is 16.4. The molecular weight excluding hydrogens is 318 g/mol. The molecule has 1 N–H and O–H groups in total. The van der Waals surface area contributed by atoms with Crippen LogP contribution in [0.5, 0.6) is 5.75 Å². The smallest absolute Gasteiger partial charge is 0.343 e. The van der Waals surface area contributed by atoms with Crippen LogP contribution in [0.25, 0.3) is 11.3 Å². The van der Waals surface area contributed by atoms with E-state index in [9.17, 15) is 4.79 Å². The van der Waals surface area contributed by atoms with Crippen LogP contribution in [0.2, 0.25) is 5.02 Å². The first-order valence-corrected chi connectivity index (χ1v) is 7.23. The second-order valence-electron chi connectivity index (χ2n) is 4.98. The molecular formula is C15H14ClN5O2. The molecule has 2 aromatic heterocycles. The van der Waals surface area contributed by atoms with E-state index < -0.39 is 0 Å². The number of hydrogen-bond acceptors (Lipinski definition) is 5. The number of benzene rings is 1. The van der Waals surface area contributed by atoms with Gasteiger partial charge in [-0.2, -0.15) is 5.10 Å². The summed E-state index contributed by atoms with van der Waals surface area (Å²) >= 11 is 6.21. The normalized spacial score (nSPS) is 10.7. The van der Waals surface area contributed by atoms with Gasteiger partial charge in [0.25, 0.3) is 0 Å². The molecule has 0 aliphatic rings. The van der Waals surface area contributed by atoms with Crippen molar-refractivity contribution in [3.05, 3.63) is 57.6 Å². The summed E-state index contributed by atoms with van der Waals surface area (Å²) < 4.78 is 7.23. The summed E-state index contributed by atoms with van der Waals surface area (Å²) in [4.78, 5) is 19.7. The lowest BCUT2D eigenvalue weighted by Gasteiger charge is -2.12. The molecule has 0 saturated carbocycles. The molecule has 1 aromatic carbocycles. The summed E-state index contributed by atoms with van der Waals surface area (Å²) in [6.07, 6.45) is 4.84. The van der Waals surface area contributed by atoms with Crippen molar-refractivity contribution in [2.75, 3.05) is 0 Å². The number of aromatic nitrogens is 5. The highest BCUT2D eigenvalue weighted by Gasteiger charge is 2.13. The van der Waals surface area contributed by atoms with Crippen LogP contribution in [0.3, 0.4) is 0 Å². The van der Waals surface area contributed by atoms with Gasteiger partial charge in [-0.1, -0.05) is 11.6 Å². The largest absolute Gasteiger partial charge is 0.485 e. The number of H-pyrrole nitrogens is 1. The van der Waals surface area contributed by atoms with Gasteiger partial charge in [-0.3, -0.25) is 14.5 Å². The van der Waals surface area contributed by atoms with E-state index in [1.54, 1.807) is 31.7 Å². The van der Waals surface area contributed by atoms with Crippen LogP contribution in [0.4, 0.5) is 0 Å². The lowest BCUT2D eigenvalue weighted by atomic mass is 10.1. The molecule has 0 saturated heterocycles. The Bertz CT molecular complexity index is 889. The van der Waals surface area contributed by atoms with Gasteiger partial charge in [0.2, 0.25) is 0 Å². The Hall–Kier alpha value is -2.67. The van der Waals surface area contributed by atoms with Crippen LogP contribution in [0.1, 0.15) is 11.4 Å². The van der Waals surface area contributed by atoms with E-state index in [1.807, 2.05) is 13.0 Å². The third kappa shape index (κ3) is 3.09. The second kappa shape index (κ2) is 6.21. The molecule has 8 heteroatoms. The molecule has 0 radical (unpaired) electrons. The number of nitrogens with one attached hydrogen (secondary N) is 1. The molecule has 0 atom stereocenters. The van der Waals surface area contributed by atoms with Gasteiger partial charge >= 0.3 is 5.69 Å². The molecule has 0 spiro atoms. The number of rotatable bonds is 4. The van der Waals surface area contributed by atoms with E-state index in [2.05, 4.69) is 20.2 Å². The molecule has 0 fully saturated rings. The minimum absolute atomic E-state index is 0.142. The van der Waals surface area contributed by atoms with E-state index in [-0.39, 0.29) is 12.3 Å². The fraction of sp³-hybridized carbons (Fsp3) is 0.200. The Labute approximate surface area is 136 Å². The van der Waals surface area contributed by atoms with Gasteiger partial charge in [0.05, 0.1) is 11.9 Å². The number of aromatic amines is 1. The first kappa shape index (κ1) is 15.2. The molecule has 7 nitrogen and oxygen atoms in total. The van der Waals surface area contributed by atoms with E-state index in [0.29, 0.717) is 22.3 Å². The maximum Gasteiger partial charge on any atom is 0.343 e. The Morgan fingerprint density at radius 3 is 2.83 bits per heavy atom. The zero-order valence-corrected chi connectivity index (χ0v) is 13.3. The average molecular weight is 332 g/mol. The predicted molar refractivity (Wildman–Crippen MR) is 85.4 cm³/mol. The highest BCUT2D eigenvalue weighted by molar-refractivity contribution is 6.31. The molecule has 0 unspecified atom stereocenters. The summed E-state index contributed by atoms with van der Waals surface area (Å²) in [5.41, 5.74) is 1.98. The molecule has 118 valence electrons. The Balaban J connectivity index is 1.96. The zero-order valence-electron chi connectivity index (χ0n) is 12.6. The molecule has 0 amide bonds. The van der Waals surface area contributed by atoms with Crippen molar-refractivity contribution in [2.24, 2.45) is 7.05 Å². The summed E-state index contributed by atoms with van der Waals surface area (Å²) in [6, 6.07) is 3.62. The van der Waals surface area contributed by atoms with Crippen LogP contribution >= 0.6 is 11.6 Å². The molecule has 0 aliphatic carbocycles. The summed E-state index contributed by atoms with van der Waals surface area (Å²) in [6.45, 7) is 2.03. The standard InChI is InChI=1S/C15H14ClN5O2/c1-9-5-13(23-8-14-19-20-15(22)21(14)2)10(6-11(9)16)12-7-17-3-4-18-12/h3-7H,8H2,1-2H3,(H,20,22). The second-order valence-corrected chi connectivity index (χ2v) is 5.39. The van der Waals surface area contributed by atoms with Crippen molar-refractivity contribution < 1.29 is 4.74 Å². The molecule has 3 aromatic rings. The maximum absolute atomic E-state index is 11.4. The van der Waals surface area contributed by atoms with E-state index in [1.165, 1.54) is 4.57 Å².